The van der Waals surface area contributed by atoms with Crippen LogP contribution in [0.15, 0.2) is 71.4 Å². The lowest BCUT2D eigenvalue weighted by atomic mass is 10.1. The van der Waals surface area contributed by atoms with Crippen molar-refractivity contribution in [3.63, 3.8) is 0 Å². The SMILES string of the molecule is CC(=Cc1ccccc1)C=C1SC(=S)N(CC(=O)NNC(=O)c2ccncc2)C1=O. The molecule has 1 aliphatic heterocycles. The molecular formula is C21H18N4O3S2. The molecule has 0 spiro atoms. The molecule has 0 saturated carbocycles. The molecular weight excluding hydrogens is 420 g/mol. The van der Waals surface area contributed by atoms with Crippen molar-refractivity contribution in [1.82, 2.24) is 20.7 Å². The Labute approximate surface area is 183 Å². The number of pyridine rings is 1. The number of carbonyl (C=O) groups excluding carboxylic acids is 3. The summed E-state index contributed by atoms with van der Waals surface area (Å²) in [6, 6.07) is 12.8. The maximum Gasteiger partial charge on any atom is 0.269 e. The van der Waals surface area contributed by atoms with Crippen LogP contribution >= 0.6 is 24.0 Å². The number of nitrogens with one attached hydrogen (secondary N) is 2. The van der Waals surface area contributed by atoms with Gasteiger partial charge < -0.3 is 0 Å². The van der Waals surface area contributed by atoms with Crippen molar-refractivity contribution in [1.29, 1.82) is 0 Å². The number of allylic oxidation sites excluding steroid dienone is 2. The summed E-state index contributed by atoms with van der Waals surface area (Å²) in [7, 11) is 0. The fourth-order valence-corrected chi connectivity index (χ4v) is 3.89. The van der Waals surface area contributed by atoms with Crippen molar-refractivity contribution >= 4 is 52.1 Å². The fraction of sp³-hybridized carbons (Fsp3) is 0.0952. The lowest BCUT2D eigenvalue weighted by Crippen LogP contribution is -2.47. The van der Waals surface area contributed by atoms with Gasteiger partial charge in [-0.2, -0.15) is 0 Å². The van der Waals surface area contributed by atoms with Gasteiger partial charge in [0.2, 0.25) is 0 Å². The van der Waals surface area contributed by atoms with Crippen LogP contribution in [0.25, 0.3) is 6.08 Å². The molecule has 3 rings (SSSR count). The van der Waals surface area contributed by atoms with Gasteiger partial charge in [0.15, 0.2) is 0 Å². The van der Waals surface area contributed by atoms with Crippen molar-refractivity contribution in [2.24, 2.45) is 0 Å². The highest BCUT2D eigenvalue weighted by molar-refractivity contribution is 8.26. The smallest absolute Gasteiger partial charge is 0.269 e. The minimum absolute atomic E-state index is 0.286. The molecule has 30 heavy (non-hydrogen) atoms. The Morgan fingerprint density at radius 2 is 1.83 bits per heavy atom. The standard InChI is InChI=1S/C21H18N4O3S2/c1-14(11-15-5-3-2-4-6-15)12-17-20(28)25(21(29)30-17)13-18(26)23-24-19(27)16-7-9-22-10-8-16/h2-12H,13H2,1H3,(H,23,26)(H,24,27). The maximum absolute atomic E-state index is 12.6. The van der Waals surface area contributed by atoms with Crippen molar-refractivity contribution in [3.8, 4) is 0 Å². The molecule has 2 aromatic rings. The number of aromatic nitrogens is 1. The largest absolute Gasteiger partial charge is 0.283 e. The average Bonchev–Trinajstić information content (AvgIpc) is 3.00. The van der Waals surface area contributed by atoms with E-state index in [4.69, 9.17) is 12.2 Å². The summed E-state index contributed by atoms with van der Waals surface area (Å²) in [5.41, 5.74) is 6.83. The molecule has 0 unspecified atom stereocenters. The first-order valence-corrected chi connectivity index (χ1v) is 10.1. The van der Waals surface area contributed by atoms with Crippen LogP contribution in [0.5, 0.6) is 0 Å². The normalized spacial score (nSPS) is 15.4. The van der Waals surface area contributed by atoms with Crippen LogP contribution in [-0.4, -0.2) is 38.5 Å². The minimum Gasteiger partial charge on any atom is -0.283 e. The highest BCUT2D eigenvalue weighted by Crippen LogP contribution is 2.31. The fourth-order valence-electron chi connectivity index (χ4n) is 2.58. The van der Waals surface area contributed by atoms with Crippen LogP contribution in [0.3, 0.4) is 0 Å². The first kappa shape index (κ1) is 21.4. The second-order valence-electron chi connectivity index (χ2n) is 6.31. The Balaban J connectivity index is 1.58. The van der Waals surface area contributed by atoms with E-state index in [0.29, 0.717) is 10.5 Å². The van der Waals surface area contributed by atoms with Gasteiger partial charge in [0.25, 0.3) is 17.7 Å². The van der Waals surface area contributed by atoms with Gasteiger partial charge in [0.1, 0.15) is 10.9 Å². The van der Waals surface area contributed by atoms with Crippen molar-refractivity contribution < 1.29 is 14.4 Å². The second-order valence-corrected chi connectivity index (χ2v) is 7.98. The second kappa shape index (κ2) is 9.95. The molecule has 1 saturated heterocycles. The predicted molar refractivity (Wildman–Crippen MR) is 120 cm³/mol. The third-order valence-corrected chi connectivity index (χ3v) is 5.36. The maximum atomic E-state index is 12.6. The van der Waals surface area contributed by atoms with E-state index in [9.17, 15) is 14.4 Å². The molecule has 1 aromatic heterocycles. The van der Waals surface area contributed by atoms with Crippen LogP contribution < -0.4 is 10.9 Å². The Morgan fingerprint density at radius 1 is 1.13 bits per heavy atom. The Bertz CT molecular complexity index is 1040. The minimum atomic E-state index is -0.563. The topological polar surface area (TPSA) is 91.4 Å². The van der Waals surface area contributed by atoms with E-state index in [1.165, 1.54) is 29.4 Å². The summed E-state index contributed by atoms with van der Waals surface area (Å²) in [5.74, 6) is -1.40. The first-order valence-electron chi connectivity index (χ1n) is 8.92. The number of hydrazine groups is 1. The van der Waals surface area contributed by atoms with E-state index >= 15 is 0 Å². The van der Waals surface area contributed by atoms with Crippen molar-refractivity contribution in [2.45, 2.75) is 6.92 Å². The molecule has 1 fully saturated rings. The highest BCUT2D eigenvalue weighted by atomic mass is 32.2. The third kappa shape index (κ3) is 5.62. The third-order valence-electron chi connectivity index (χ3n) is 3.99. The van der Waals surface area contributed by atoms with E-state index in [1.54, 1.807) is 6.08 Å². The van der Waals surface area contributed by atoms with Crippen molar-refractivity contribution in [3.05, 3.63) is 82.5 Å². The molecule has 152 valence electrons. The molecule has 2 N–H and O–H groups in total. The van der Waals surface area contributed by atoms with Crippen LogP contribution in [0, 0.1) is 0 Å². The Kier molecular flexibility index (Phi) is 7.10. The number of hydrogen-bond acceptors (Lipinski definition) is 6. The number of hydrogen-bond donors (Lipinski definition) is 2. The van der Waals surface area contributed by atoms with E-state index in [1.807, 2.05) is 43.3 Å². The number of thiocarbonyl (C=S) groups is 1. The van der Waals surface area contributed by atoms with E-state index in [-0.39, 0.29) is 16.8 Å². The molecule has 1 aromatic carbocycles. The molecule has 2 heterocycles. The van der Waals surface area contributed by atoms with Gasteiger partial charge in [-0.3, -0.25) is 35.1 Å². The number of nitrogens with zero attached hydrogens (tertiary/aromatic N) is 2. The quantitative estimate of drug-likeness (QED) is 0.424. The van der Waals surface area contributed by atoms with Crippen LogP contribution in [-0.2, 0) is 9.59 Å². The lowest BCUT2D eigenvalue weighted by Gasteiger charge is -2.14. The van der Waals surface area contributed by atoms with E-state index < -0.39 is 11.8 Å². The van der Waals surface area contributed by atoms with E-state index in [2.05, 4.69) is 15.8 Å². The number of rotatable bonds is 5. The zero-order valence-corrected chi connectivity index (χ0v) is 17.6. The molecule has 3 amide bonds. The summed E-state index contributed by atoms with van der Waals surface area (Å²) in [5, 5.41) is 0. The summed E-state index contributed by atoms with van der Waals surface area (Å²) in [6.07, 6.45) is 6.64. The number of benzene rings is 1. The van der Waals surface area contributed by atoms with Gasteiger partial charge in [-0.15, -0.1) is 0 Å². The molecule has 7 nitrogen and oxygen atoms in total. The van der Waals surface area contributed by atoms with Gasteiger partial charge in [0, 0.05) is 18.0 Å². The van der Waals surface area contributed by atoms with Crippen LogP contribution in [0.4, 0.5) is 0 Å². The first-order chi connectivity index (χ1) is 14.4. The van der Waals surface area contributed by atoms with Gasteiger partial charge in [0.05, 0.1) is 4.91 Å². The molecule has 0 radical (unpaired) electrons. The lowest BCUT2D eigenvalue weighted by molar-refractivity contribution is -0.129. The van der Waals surface area contributed by atoms with Gasteiger partial charge in [-0.05, 0) is 36.3 Å². The van der Waals surface area contributed by atoms with Crippen molar-refractivity contribution in [2.75, 3.05) is 6.54 Å². The Hall–Kier alpha value is -3.30. The molecule has 0 atom stereocenters. The van der Waals surface area contributed by atoms with Gasteiger partial charge >= 0.3 is 0 Å². The number of thioether (sulfide) groups is 1. The summed E-state index contributed by atoms with van der Waals surface area (Å²) in [6.45, 7) is 1.60. The molecule has 0 aliphatic carbocycles. The van der Waals surface area contributed by atoms with Gasteiger partial charge in [-0.25, -0.2) is 0 Å². The van der Waals surface area contributed by atoms with Gasteiger partial charge in [-0.1, -0.05) is 60.4 Å². The Morgan fingerprint density at radius 3 is 2.53 bits per heavy atom. The highest BCUT2D eigenvalue weighted by Gasteiger charge is 2.33. The zero-order valence-electron chi connectivity index (χ0n) is 16.0. The molecule has 0 bridgehead atoms. The monoisotopic (exact) mass is 438 g/mol. The van der Waals surface area contributed by atoms with Crippen LogP contribution in [0.2, 0.25) is 0 Å². The summed E-state index contributed by atoms with van der Waals surface area (Å²) in [4.78, 5) is 42.2. The van der Waals surface area contributed by atoms with E-state index in [0.717, 1.165) is 22.9 Å². The summed E-state index contributed by atoms with van der Waals surface area (Å²) < 4.78 is 0.286. The average molecular weight is 439 g/mol. The molecule has 9 heteroatoms. The number of amides is 3. The predicted octanol–water partition coefficient (Wildman–Crippen LogP) is 2.69. The number of carbonyl (C=O) groups is 3. The summed E-state index contributed by atoms with van der Waals surface area (Å²) >= 11 is 6.38. The molecule has 1 aliphatic rings. The van der Waals surface area contributed by atoms with Crippen LogP contribution in [0.1, 0.15) is 22.8 Å². The zero-order chi connectivity index (χ0) is 21.5.